The number of aromatic nitrogens is 1. The zero-order valence-corrected chi connectivity index (χ0v) is 14.6. The summed E-state index contributed by atoms with van der Waals surface area (Å²) in [6.45, 7) is 2.13. The average molecular weight is 331 g/mol. The summed E-state index contributed by atoms with van der Waals surface area (Å²) in [5.74, 6) is 2.83. The quantitative estimate of drug-likeness (QED) is 0.835. The van der Waals surface area contributed by atoms with E-state index >= 15 is 0 Å². The Hall–Kier alpha value is -1.36. The zero-order valence-electron chi connectivity index (χ0n) is 14.6. The summed E-state index contributed by atoms with van der Waals surface area (Å²) >= 11 is 0. The van der Waals surface area contributed by atoms with Crippen LogP contribution in [-0.2, 0) is 0 Å². The Balaban J connectivity index is 1.42. The number of hydrogen-bond acceptors (Lipinski definition) is 4. The van der Waals surface area contributed by atoms with Crippen LogP contribution >= 0.6 is 0 Å². The van der Waals surface area contributed by atoms with Crippen LogP contribution in [0.1, 0.15) is 87.1 Å². The molecule has 0 spiro atoms. The fourth-order valence-electron chi connectivity index (χ4n) is 5.68. The number of rotatable bonds is 6. The number of amides is 1. The van der Waals surface area contributed by atoms with E-state index in [1.54, 1.807) is 0 Å². The molecule has 1 amide bonds. The highest BCUT2D eigenvalue weighted by Crippen LogP contribution is 2.55. The molecule has 4 aliphatic carbocycles. The van der Waals surface area contributed by atoms with E-state index in [0.717, 1.165) is 56.3 Å². The summed E-state index contributed by atoms with van der Waals surface area (Å²) in [7, 11) is 0. The number of nitrogens with zero attached hydrogens (tertiary/aromatic N) is 1. The number of unbranched alkanes of at least 4 members (excludes halogenated alkanes) is 1. The van der Waals surface area contributed by atoms with Gasteiger partial charge < -0.3 is 15.5 Å². The van der Waals surface area contributed by atoms with Crippen molar-refractivity contribution in [1.82, 2.24) is 10.3 Å². The summed E-state index contributed by atoms with van der Waals surface area (Å²) in [5.41, 5.74) is 6.49. The van der Waals surface area contributed by atoms with Gasteiger partial charge in [0.15, 0.2) is 5.69 Å². The fourth-order valence-corrected chi connectivity index (χ4v) is 5.68. The van der Waals surface area contributed by atoms with Gasteiger partial charge in [-0.3, -0.25) is 4.79 Å². The van der Waals surface area contributed by atoms with Gasteiger partial charge >= 0.3 is 0 Å². The maximum Gasteiger partial charge on any atom is 0.273 e. The molecule has 24 heavy (non-hydrogen) atoms. The molecule has 4 aliphatic rings. The van der Waals surface area contributed by atoms with Crippen LogP contribution < -0.4 is 11.1 Å². The van der Waals surface area contributed by atoms with E-state index in [4.69, 9.17) is 10.2 Å². The molecular formula is C19H29N3O2. The first kappa shape index (κ1) is 16.1. The van der Waals surface area contributed by atoms with Gasteiger partial charge in [-0.2, -0.15) is 0 Å². The molecule has 132 valence electrons. The molecule has 4 bridgehead atoms. The highest BCUT2D eigenvalue weighted by Gasteiger charge is 2.51. The summed E-state index contributed by atoms with van der Waals surface area (Å²) in [6, 6.07) is -0.217. The minimum absolute atomic E-state index is 0.00920. The highest BCUT2D eigenvalue weighted by atomic mass is 16.3. The van der Waals surface area contributed by atoms with Crippen LogP contribution in [0, 0.1) is 17.8 Å². The first-order valence-electron chi connectivity index (χ1n) is 9.60. The average Bonchev–Trinajstić information content (AvgIpc) is 3.01. The number of nitrogens with two attached hydrogens (primary N) is 1. The van der Waals surface area contributed by atoms with Gasteiger partial charge in [0.1, 0.15) is 6.26 Å². The molecule has 4 saturated carbocycles. The van der Waals surface area contributed by atoms with E-state index in [2.05, 4.69) is 17.2 Å². The van der Waals surface area contributed by atoms with Crippen molar-refractivity contribution in [3.05, 3.63) is 17.8 Å². The number of hydrogen-bond donors (Lipinski definition) is 2. The molecule has 5 nitrogen and oxygen atoms in total. The molecule has 3 N–H and O–H groups in total. The zero-order chi connectivity index (χ0) is 16.7. The van der Waals surface area contributed by atoms with Gasteiger partial charge in [-0.15, -0.1) is 0 Å². The largest absolute Gasteiger partial charge is 0.446 e. The Morgan fingerprint density at radius 1 is 1.33 bits per heavy atom. The van der Waals surface area contributed by atoms with E-state index in [1.807, 2.05) is 0 Å². The van der Waals surface area contributed by atoms with Crippen molar-refractivity contribution in [3.63, 3.8) is 0 Å². The van der Waals surface area contributed by atoms with Crippen molar-refractivity contribution in [2.45, 2.75) is 76.3 Å². The smallest absolute Gasteiger partial charge is 0.273 e. The standard InChI is InChI=1S/C19H29N3O2/c1-2-3-4-15(20)18-21-16(11-24-18)17(23)22-19-8-12-5-13(9-19)7-14(6-12)10-19/h11-15H,2-10,20H2,1H3,(H,22,23). The first-order chi connectivity index (χ1) is 11.6. The number of carbonyl (C=O) groups excluding carboxylic acids is 1. The van der Waals surface area contributed by atoms with Gasteiger partial charge in [0.25, 0.3) is 5.91 Å². The molecule has 0 aromatic carbocycles. The number of oxazole rings is 1. The normalized spacial score (nSPS) is 35.2. The van der Waals surface area contributed by atoms with Crippen LogP contribution in [0.3, 0.4) is 0 Å². The van der Waals surface area contributed by atoms with Gasteiger partial charge in [-0.1, -0.05) is 19.8 Å². The fraction of sp³-hybridized carbons (Fsp3) is 0.789. The van der Waals surface area contributed by atoms with Crippen LogP contribution in [0.15, 0.2) is 10.7 Å². The second-order valence-corrected chi connectivity index (χ2v) is 8.47. The number of nitrogens with one attached hydrogen (secondary N) is 1. The van der Waals surface area contributed by atoms with Gasteiger partial charge in [0.05, 0.1) is 6.04 Å². The lowest BCUT2D eigenvalue weighted by molar-refractivity contribution is -0.0167. The highest BCUT2D eigenvalue weighted by molar-refractivity contribution is 5.92. The van der Waals surface area contributed by atoms with E-state index in [9.17, 15) is 4.79 Å². The molecular weight excluding hydrogens is 302 g/mol. The first-order valence-corrected chi connectivity index (χ1v) is 9.60. The molecule has 4 fully saturated rings. The predicted octanol–water partition coefficient (Wildman–Crippen LogP) is 3.56. The van der Waals surface area contributed by atoms with E-state index in [1.165, 1.54) is 25.5 Å². The van der Waals surface area contributed by atoms with Crippen molar-refractivity contribution < 1.29 is 9.21 Å². The summed E-state index contributed by atoms with van der Waals surface area (Å²) < 4.78 is 5.47. The lowest BCUT2D eigenvalue weighted by Gasteiger charge is -2.56. The topological polar surface area (TPSA) is 81.1 Å². The van der Waals surface area contributed by atoms with Crippen LogP contribution in [0.4, 0.5) is 0 Å². The Labute approximate surface area is 143 Å². The molecule has 1 heterocycles. The molecule has 0 saturated heterocycles. The van der Waals surface area contributed by atoms with Gasteiger partial charge in [0, 0.05) is 5.54 Å². The van der Waals surface area contributed by atoms with Gasteiger partial charge in [0.2, 0.25) is 5.89 Å². The Morgan fingerprint density at radius 3 is 2.54 bits per heavy atom. The van der Waals surface area contributed by atoms with Crippen molar-refractivity contribution in [2.75, 3.05) is 0 Å². The molecule has 1 atom stereocenters. The molecule has 1 aromatic heterocycles. The molecule has 0 radical (unpaired) electrons. The van der Waals surface area contributed by atoms with Crippen LogP contribution in [-0.4, -0.2) is 16.4 Å². The molecule has 5 heteroatoms. The monoisotopic (exact) mass is 331 g/mol. The van der Waals surface area contributed by atoms with Crippen LogP contribution in [0.2, 0.25) is 0 Å². The molecule has 1 aromatic rings. The van der Waals surface area contributed by atoms with Crippen LogP contribution in [0.5, 0.6) is 0 Å². The second kappa shape index (κ2) is 6.17. The summed E-state index contributed by atoms with van der Waals surface area (Å²) in [6.07, 6.45) is 12.0. The SMILES string of the molecule is CCCCC(N)c1nc(C(=O)NC23CC4CC(CC(C4)C2)C3)co1. The summed E-state index contributed by atoms with van der Waals surface area (Å²) in [4.78, 5) is 17.1. The van der Waals surface area contributed by atoms with Crippen molar-refractivity contribution in [1.29, 1.82) is 0 Å². The third kappa shape index (κ3) is 2.99. The van der Waals surface area contributed by atoms with Crippen molar-refractivity contribution in [3.8, 4) is 0 Å². The minimum atomic E-state index is -0.217. The van der Waals surface area contributed by atoms with Crippen LogP contribution in [0.25, 0.3) is 0 Å². The Kier molecular flexibility index (Phi) is 4.15. The number of carbonyl (C=O) groups is 1. The van der Waals surface area contributed by atoms with Crippen molar-refractivity contribution in [2.24, 2.45) is 23.5 Å². The maximum absolute atomic E-state index is 12.7. The van der Waals surface area contributed by atoms with E-state index in [0.29, 0.717) is 11.6 Å². The molecule has 0 aliphatic heterocycles. The van der Waals surface area contributed by atoms with Crippen molar-refractivity contribution >= 4 is 5.91 Å². The second-order valence-electron chi connectivity index (χ2n) is 8.47. The predicted molar refractivity (Wildman–Crippen MR) is 91.3 cm³/mol. The molecule has 5 rings (SSSR count). The maximum atomic E-state index is 12.7. The van der Waals surface area contributed by atoms with E-state index < -0.39 is 0 Å². The van der Waals surface area contributed by atoms with Gasteiger partial charge in [-0.25, -0.2) is 4.98 Å². The Bertz CT molecular complexity index is 574. The Morgan fingerprint density at radius 2 is 1.96 bits per heavy atom. The van der Waals surface area contributed by atoms with E-state index in [-0.39, 0.29) is 17.5 Å². The lowest BCUT2D eigenvalue weighted by Crippen LogP contribution is -2.59. The minimum Gasteiger partial charge on any atom is -0.446 e. The van der Waals surface area contributed by atoms with Gasteiger partial charge in [-0.05, 0) is 62.7 Å². The third-order valence-electron chi connectivity index (χ3n) is 6.36. The molecule has 1 unspecified atom stereocenters. The summed E-state index contributed by atoms with van der Waals surface area (Å²) in [5, 5.41) is 3.33. The lowest BCUT2D eigenvalue weighted by atomic mass is 9.53. The third-order valence-corrected chi connectivity index (χ3v) is 6.36.